The van der Waals surface area contributed by atoms with E-state index >= 15 is 4.39 Å². The van der Waals surface area contributed by atoms with Crippen LogP contribution in [0.25, 0.3) is 0 Å². The van der Waals surface area contributed by atoms with Crippen LogP contribution in [0.2, 0.25) is 0 Å². The van der Waals surface area contributed by atoms with Crippen LogP contribution in [-0.4, -0.2) is 17.3 Å². The Morgan fingerprint density at radius 1 is 0.774 bits per heavy atom. The van der Waals surface area contributed by atoms with Crippen molar-refractivity contribution in [1.82, 2.24) is 0 Å². The Morgan fingerprint density at radius 3 is 1.94 bits per heavy atom. The maximum Gasteiger partial charge on any atom is 0.191 e. The third-order valence-corrected chi connectivity index (χ3v) is 5.69. The number of hydrogen-bond donors (Lipinski definition) is 0. The molecule has 1 unspecified atom stereocenters. The SMILES string of the molecule is CC1=NC(C)=C(C(=O)c2ccccc2)[C@@H](c2ccccc2F)C1C(=O)c1ccccc1. The van der Waals surface area contributed by atoms with E-state index in [1.807, 2.05) is 12.1 Å². The molecule has 0 bridgehead atoms. The number of Topliss-reactive ketones (excluding diaryl/α,β-unsaturated/α-hetero) is 2. The molecule has 3 aromatic carbocycles. The minimum absolute atomic E-state index is 0.180. The number of carbonyl (C=O) groups is 2. The van der Waals surface area contributed by atoms with Crippen molar-refractivity contribution >= 4 is 17.3 Å². The monoisotopic (exact) mass is 411 g/mol. The maximum absolute atomic E-state index is 15.0. The lowest BCUT2D eigenvalue weighted by atomic mass is 9.70. The Balaban J connectivity index is 1.92. The molecule has 0 spiro atoms. The molecule has 3 aromatic rings. The number of benzene rings is 3. The van der Waals surface area contributed by atoms with E-state index < -0.39 is 17.7 Å². The van der Waals surface area contributed by atoms with Crippen molar-refractivity contribution in [1.29, 1.82) is 0 Å². The van der Waals surface area contributed by atoms with Crippen LogP contribution in [-0.2, 0) is 0 Å². The highest BCUT2D eigenvalue weighted by atomic mass is 19.1. The molecule has 3 nitrogen and oxygen atoms in total. The second-order valence-corrected chi connectivity index (χ2v) is 7.65. The predicted octanol–water partition coefficient (Wildman–Crippen LogP) is 6.04. The molecule has 0 aromatic heterocycles. The first kappa shape index (κ1) is 20.6. The number of carbonyl (C=O) groups excluding carboxylic acids is 2. The van der Waals surface area contributed by atoms with Crippen molar-refractivity contribution < 1.29 is 14.0 Å². The summed E-state index contributed by atoms with van der Waals surface area (Å²) in [6.07, 6.45) is 0. The van der Waals surface area contributed by atoms with E-state index in [2.05, 4.69) is 4.99 Å². The average molecular weight is 411 g/mol. The van der Waals surface area contributed by atoms with Crippen LogP contribution in [0.15, 0.2) is 101 Å². The molecule has 4 rings (SSSR count). The smallest absolute Gasteiger partial charge is 0.191 e. The maximum atomic E-state index is 15.0. The Hall–Kier alpha value is -3.66. The first-order chi connectivity index (χ1) is 15.0. The molecule has 0 N–H and O–H groups in total. The van der Waals surface area contributed by atoms with Crippen molar-refractivity contribution in [3.8, 4) is 0 Å². The fourth-order valence-corrected chi connectivity index (χ4v) is 4.26. The molecular weight excluding hydrogens is 389 g/mol. The van der Waals surface area contributed by atoms with Gasteiger partial charge in [-0.2, -0.15) is 0 Å². The largest absolute Gasteiger partial charge is 0.293 e. The van der Waals surface area contributed by atoms with Gasteiger partial charge in [0.2, 0.25) is 0 Å². The van der Waals surface area contributed by atoms with Gasteiger partial charge in [0.05, 0.1) is 5.92 Å². The number of aliphatic imine (C=N–C) groups is 1. The number of nitrogens with zero attached hydrogens (tertiary/aromatic N) is 1. The summed E-state index contributed by atoms with van der Waals surface area (Å²) in [6.45, 7) is 3.52. The number of halogens is 1. The van der Waals surface area contributed by atoms with Gasteiger partial charge in [0.15, 0.2) is 11.6 Å². The van der Waals surface area contributed by atoms with Crippen LogP contribution in [0.1, 0.15) is 46.0 Å². The van der Waals surface area contributed by atoms with Crippen LogP contribution >= 0.6 is 0 Å². The van der Waals surface area contributed by atoms with Crippen LogP contribution in [0.4, 0.5) is 4.39 Å². The summed E-state index contributed by atoms with van der Waals surface area (Å²) in [6, 6.07) is 24.1. The average Bonchev–Trinajstić information content (AvgIpc) is 2.79. The summed E-state index contributed by atoms with van der Waals surface area (Å²) in [5.74, 6) is -2.40. The Bertz CT molecular complexity index is 1200. The van der Waals surface area contributed by atoms with Gasteiger partial charge in [0.1, 0.15) is 5.82 Å². The number of hydrogen-bond acceptors (Lipinski definition) is 3. The quantitative estimate of drug-likeness (QED) is 0.481. The standard InChI is InChI=1S/C27H22FNO2/c1-17-23(26(30)19-11-5-3-6-12-19)25(21-15-9-10-16-22(21)28)24(18(2)29-17)27(31)20-13-7-4-8-14-20/h3-16,23,25H,1-2H3/t23?,25-/m0/s1. The first-order valence-electron chi connectivity index (χ1n) is 10.2. The molecule has 2 atom stereocenters. The molecule has 1 aliphatic heterocycles. The summed E-state index contributed by atoms with van der Waals surface area (Å²) in [4.78, 5) is 31.7. The molecule has 0 radical (unpaired) electrons. The molecule has 0 saturated heterocycles. The topological polar surface area (TPSA) is 46.5 Å². The zero-order valence-corrected chi connectivity index (χ0v) is 17.4. The summed E-state index contributed by atoms with van der Waals surface area (Å²) in [7, 11) is 0. The molecule has 0 fully saturated rings. The van der Waals surface area contributed by atoms with Crippen LogP contribution < -0.4 is 0 Å². The van der Waals surface area contributed by atoms with Gasteiger partial charge in [-0.05, 0) is 25.5 Å². The van der Waals surface area contributed by atoms with E-state index in [-0.39, 0.29) is 11.6 Å². The third kappa shape index (κ3) is 3.89. The fraction of sp³-hybridized carbons (Fsp3) is 0.148. The first-order valence-corrected chi connectivity index (χ1v) is 10.2. The van der Waals surface area contributed by atoms with Crippen LogP contribution in [0.3, 0.4) is 0 Å². The van der Waals surface area contributed by atoms with E-state index in [0.29, 0.717) is 33.7 Å². The second kappa shape index (κ2) is 8.60. The lowest BCUT2D eigenvalue weighted by molar-refractivity contribution is 0.0937. The van der Waals surface area contributed by atoms with E-state index in [0.717, 1.165) is 0 Å². The minimum Gasteiger partial charge on any atom is -0.293 e. The number of allylic oxidation sites excluding steroid dienone is 2. The lowest BCUT2D eigenvalue weighted by Crippen LogP contribution is -2.35. The Morgan fingerprint density at radius 2 is 1.32 bits per heavy atom. The Kier molecular flexibility index (Phi) is 5.72. The highest BCUT2D eigenvalue weighted by Gasteiger charge is 2.42. The molecule has 31 heavy (non-hydrogen) atoms. The molecule has 4 heteroatoms. The molecule has 0 aliphatic carbocycles. The van der Waals surface area contributed by atoms with Gasteiger partial charge in [0.25, 0.3) is 0 Å². The summed E-state index contributed by atoms with van der Waals surface area (Å²) >= 11 is 0. The highest BCUT2D eigenvalue weighted by Crippen LogP contribution is 2.42. The number of ketones is 2. The lowest BCUT2D eigenvalue weighted by Gasteiger charge is -2.33. The zero-order chi connectivity index (χ0) is 22.0. The summed E-state index contributed by atoms with van der Waals surface area (Å²) in [5, 5.41) is 0. The van der Waals surface area contributed by atoms with Crippen molar-refractivity contribution in [3.05, 3.63) is 119 Å². The highest BCUT2D eigenvalue weighted by molar-refractivity contribution is 6.17. The fourth-order valence-electron chi connectivity index (χ4n) is 4.26. The molecular formula is C27H22FNO2. The van der Waals surface area contributed by atoms with E-state index in [1.54, 1.807) is 80.6 Å². The van der Waals surface area contributed by atoms with Gasteiger partial charge in [0, 0.05) is 34.0 Å². The molecule has 154 valence electrons. The van der Waals surface area contributed by atoms with Crippen molar-refractivity contribution in [2.24, 2.45) is 10.9 Å². The van der Waals surface area contributed by atoms with Gasteiger partial charge < -0.3 is 0 Å². The third-order valence-electron chi connectivity index (χ3n) is 5.69. The van der Waals surface area contributed by atoms with E-state index in [9.17, 15) is 9.59 Å². The van der Waals surface area contributed by atoms with Crippen LogP contribution in [0.5, 0.6) is 0 Å². The second-order valence-electron chi connectivity index (χ2n) is 7.65. The normalized spacial score (nSPS) is 18.5. The predicted molar refractivity (Wildman–Crippen MR) is 120 cm³/mol. The zero-order valence-electron chi connectivity index (χ0n) is 17.4. The number of rotatable bonds is 5. The van der Waals surface area contributed by atoms with Crippen LogP contribution in [0, 0.1) is 11.7 Å². The summed E-state index contributed by atoms with van der Waals surface area (Å²) < 4.78 is 15.0. The van der Waals surface area contributed by atoms with Gasteiger partial charge in [-0.25, -0.2) is 4.39 Å². The van der Waals surface area contributed by atoms with Crippen molar-refractivity contribution in [2.45, 2.75) is 19.8 Å². The van der Waals surface area contributed by atoms with Gasteiger partial charge in [-0.15, -0.1) is 0 Å². The molecule has 1 aliphatic rings. The molecule has 0 amide bonds. The van der Waals surface area contributed by atoms with Gasteiger partial charge >= 0.3 is 0 Å². The van der Waals surface area contributed by atoms with Gasteiger partial charge in [-0.3, -0.25) is 14.6 Å². The minimum atomic E-state index is -0.773. The van der Waals surface area contributed by atoms with Crippen molar-refractivity contribution in [2.75, 3.05) is 0 Å². The van der Waals surface area contributed by atoms with E-state index in [4.69, 9.17) is 0 Å². The summed E-state index contributed by atoms with van der Waals surface area (Å²) in [5.41, 5.74) is 2.76. The van der Waals surface area contributed by atoms with E-state index in [1.165, 1.54) is 6.07 Å². The molecule has 1 heterocycles. The van der Waals surface area contributed by atoms with Gasteiger partial charge in [-0.1, -0.05) is 78.9 Å². The Labute approximate surface area is 181 Å². The molecule has 0 saturated carbocycles. The van der Waals surface area contributed by atoms with Crippen molar-refractivity contribution in [3.63, 3.8) is 0 Å².